The number of rotatable bonds is 6. The normalized spacial score (nSPS) is 10.7. The Kier molecular flexibility index (Phi) is 6.08. The summed E-state index contributed by atoms with van der Waals surface area (Å²) in [7, 11) is 0. The number of halogens is 2. The van der Waals surface area contributed by atoms with Crippen molar-refractivity contribution in [3.8, 4) is 16.3 Å². The van der Waals surface area contributed by atoms with Crippen LogP contribution >= 0.6 is 43.2 Å². The van der Waals surface area contributed by atoms with Gasteiger partial charge >= 0.3 is 0 Å². The van der Waals surface area contributed by atoms with Crippen LogP contribution in [-0.4, -0.2) is 15.2 Å². The summed E-state index contributed by atoms with van der Waals surface area (Å²) in [6.45, 7) is 0.379. The van der Waals surface area contributed by atoms with Gasteiger partial charge in [0.05, 0.1) is 5.56 Å². The van der Waals surface area contributed by atoms with Crippen molar-refractivity contribution in [3.05, 3.63) is 75.3 Å². The molecule has 29 heavy (non-hydrogen) atoms. The zero-order chi connectivity index (χ0) is 20.2. The van der Waals surface area contributed by atoms with E-state index in [1.165, 1.54) is 11.3 Å². The van der Waals surface area contributed by atoms with Crippen LogP contribution in [0.2, 0.25) is 0 Å². The minimum atomic E-state index is 0.379. The van der Waals surface area contributed by atoms with Crippen LogP contribution in [-0.2, 0) is 6.61 Å². The van der Waals surface area contributed by atoms with Gasteiger partial charge in [-0.15, -0.1) is 10.2 Å². The molecule has 0 radical (unpaired) electrons. The molecule has 2 aromatic carbocycles. The molecule has 4 aromatic rings. The summed E-state index contributed by atoms with van der Waals surface area (Å²) >= 11 is 8.41. The number of nitrogen functional groups attached to an aromatic ring is 1. The molecule has 0 spiro atoms. The number of aromatic nitrogens is 3. The summed E-state index contributed by atoms with van der Waals surface area (Å²) in [6.07, 6.45) is 1.67. The van der Waals surface area contributed by atoms with Crippen molar-refractivity contribution in [2.45, 2.75) is 6.61 Å². The molecule has 9 heteroatoms. The van der Waals surface area contributed by atoms with Gasteiger partial charge in [0.25, 0.3) is 0 Å². The molecule has 2 heterocycles. The van der Waals surface area contributed by atoms with Gasteiger partial charge in [0.1, 0.15) is 18.2 Å². The molecule has 0 amide bonds. The number of nitrogens with zero attached hydrogens (tertiary/aromatic N) is 3. The number of nitrogens with one attached hydrogen (secondary N) is 1. The molecule has 0 aliphatic rings. The molecule has 0 atom stereocenters. The van der Waals surface area contributed by atoms with Gasteiger partial charge in [0, 0.05) is 20.8 Å². The fraction of sp³-hybridized carbons (Fsp3) is 0.0500. The third-order valence-electron chi connectivity index (χ3n) is 3.93. The predicted octanol–water partition coefficient (Wildman–Crippen LogP) is 6.03. The highest BCUT2D eigenvalue weighted by Crippen LogP contribution is 2.37. The number of pyridine rings is 1. The molecule has 3 N–H and O–H groups in total. The van der Waals surface area contributed by atoms with Crippen molar-refractivity contribution in [2.75, 3.05) is 11.1 Å². The number of hydrogen-bond acceptors (Lipinski definition) is 7. The SMILES string of the molecule is Nc1cc(COc2ccc(Br)cc2-c2nnc(Nc3ccc(Br)cc3)s2)ccn1. The highest BCUT2D eigenvalue weighted by atomic mass is 79.9. The van der Waals surface area contributed by atoms with E-state index in [1.807, 2.05) is 48.5 Å². The third kappa shape index (κ3) is 5.11. The van der Waals surface area contributed by atoms with Crippen LogP contribution in [0.1, 0.15) is 5.56 Å². The second-order valence-corrected chi connectivity index (χ2v) is 8.87. The van der Waals surface area contributed by atoms with E-state index in [2.05, 4.69) is 52.4 Å². The molecule has 146 valence electrons. The van der Waals surface area contributed by atoms with Crippen molar-refractivity contribution in [1.29, 1.82) is 0 Å². The first-order valence-electron chi connectivity index (χ1n) is 8.56. The first-order chi connectivity index (χ1) is 14.1. The van der Waals surface area contributed by atoms with Crippen LogP contribution < -0.4 is 15.8 Å². The Balaban J connectivity index is 1.55. The van der Waals surface area contributed by atoms with Crippen molar-refractivity contribution >= 4 is 59.8 Å². The van der Waals surface area contributed by atoms with Gasteiger partial charge in [0.15, 0.2) is 5.01 Å². The summed E-state index contributed by atoms with van der Waals surface area (Å²) in [5, 5.41) is 13.3. The lowest BCUT2D eigenvalue weighted by Gasteiger charge is -2.10. The van der Waals surface area contributed by atoms with Crippen LogP contribution in [0.5, 0.6) is 5.75 Å². The summed E-state index contributed by atoms with van der Waals surface area (Å²) in [6, 6.07) is 17.4. The van der Waals surface area contributed by atoms with Crippen molar-refractivity contribution < 1.29 is 4.74 Å². The van der Waals surface area contributed by atoms with E-state index in [1.54, 1.807) is 12.3 Å². The second-order valence-electron chi connectivity index (χ2n) is 6.06. The molecule has 0 aliphatic carbocycles. The Bertz CT molecular complexity index is 1130. The number of anilines is 3. The van der Waals surface area contributed by atoms with Gasteiger partial charge in [-0.25, -0.2) is 4.98 Å². The largest absolute Gasteiger partial charge is 0.488 e. The molecule has 0 fully saturated rings. The maximum absolute atomic E-state index is 6.04. The van der Waals surface area contributed by atoms with Gasteiger partial charge in [-0.05, 0) is 60.2 Å². The lowest BCUT2D eigenvalue weighted by atomic mass is 10.2. The summed E-state index contributed by atoms with van der Waals surface area (Å²) in [5.74, 6) is 1.19. The Labute approximate surface area is 188 Å². The highest BCUT2D eigenvalue weighted by molar-refractivity contribution is 9.10. The maximum atomic E-state index is 6.04. The molecule has 4 rings (SSSR count). The molecule has 0 unspecified atom stereocenters. The number of benzene rings is 2. The number of ether oxygens (including phenoxy) is 1. The molecule has 0 aliphatic heterocycles. The van der Waals surface area contributed by atoms with E-state index in [4.69, 9.17) is 10.5 Å². The van der Waals surface area contributed by atoms with Gasteiger partial charge in [-0.2, -0.15) is 0 Å². The van der Waals surface area contributed by atoms with Crippen LogP contribution in [0.4, 0.5) is 16.6 Å². The van der Waals surface area contributed by atoms with E-state index < -0.39 is 0 Å². The molecule has 6 nitrogen and oxygen atoms in total. The standard InChI is InChI=1S/C20H15Br2N5OS/c21-13-1-4-15(5-2-13)25-20-27-26-19(29-20)16-10-14(22)3-6-17(16)28-11-12-7-8-24-18(23)9-12/h1-10H,11H2,(H2,23,24)(H,25,27). The summed E-state index contributed by atoms with van der Waals surface area (Å²) in [5.41, 5.74) is 8.49. The van der Waals surface area contributed by atoms with Crippen molar-refractivity contribution in [1.82, 2.24) is 15.2 Å². The molecule has 0 saturated heterocycles. The fourth-order valence-corrected chi connectivity index (χ4v) is 3.99. The fourth-order valence-electron chi connectivity index (χ4n) is 2.58. The monoisotopic (exact) mass is 531 g/mol. The first-order valence-corrected chi connectivity index (χ1v) is 11.0. The zero-order valence-electron chi connectivity index (χ0n) is 15.0. The van der Waals surface area contributed by atoms with Crippen LogP contribution in [0.25, 0.3) is 10.6 Å². The van der Waals surface area contributed by atoms with Crippen LogP contribution in [0.15, 0.2) is 69.7 Å². The number of nitrogens with two attached hydrogens (primary N) is 1. The molecule has 0 bridgehead atoms. The second kappa shape index (κ2) is 8.89. The highest BCUT2D eigenvalue weighted by Gasteiger charge is 2.14. The van der Waals surface area contributed by atoms with Crippen LogP contribution in [0, 0.1) is 0 Å². The Hall–Kier alpha value is -2.49. The van der Waals surface area contributed by atoms with Gasteiger partial charge in [-0.1, -0.05) is 43.2 Å². The molecular formula is C20H15Br2N5OS. The smallest absolute Gasteiger partial charge is 0.210 e. The molecule has 2 aromatic heterocycles. The van der Waals surface area contributed by atoms with Gasteiger partial charge < -0.3 is 15.8 Å². The van der Waals surface area contributed by atoms with E-state index >= 15 is 0 Å². The van der Waals surface area contributed by atoms with Crippen LogP contribution in [0.3, 0.4) is 0 Å². The lowest BCUT2D eigenvalue weighted by Crippen LogP contribution is -1.99. The summed E-state index contributed by atoms with van der Waals surface area (Å²) in [4.78, 5) is 4.00. The van der Waals surface area contributed by atoms with Crippen molar-refractivity contribution in [3.63, 3.8) is 0 Å². The van der Waals surface area contributed by atoms with E-state index in [0.717, 1.165) is 36.5 Å². The Morgan fingerprint density at radius 3 is 2.55 bits per heavy atom. The van der Waals surface area contributed by atoms with E-state index in [9.17, 15) is 0 Å². The average Bonchev–Trinajstić information content (AvgIpc) is 3.17. The quantitative estimate of drug-likeness (QED) is 0.315. The van der Waals surface area contributed by atoms with Crippen molar-refractivity contribution in [2.24, 2.45) is 0 Å². The maximum Gasteiger partial charge on any atom is 0.210 e. The van der Waals surface area contributed by atoms with E-state index in [-0.39, 0.29) is 0 Å². The zero-order valence-corrected chi connectivity index (χ0v) is 19.0. The molecule has 0 saturated carbocycles. The predicted molar refractivity (Wildman–Crippen MR) is 123 cm³/mol. The third-order valence-corrected chi connectivity index (χ3v) is 5.83. The minimum absolute atomic E-state index is 0.379. The van der Waals surface area contributed by atoms with Gasteiger partial charge in [0.2, 0.25) is 5.13 Å². The Morgan fingerprint density at radius 2 is 1.76 bits per heavy atom. The minimum Gasteiger partial charge on any atom is -0.488 e. The summed E-state index contributed by atoms with van der Waals surface area (Å²) < 4.78 is 7.99. The average molecular weight is 533 g/mol. The van der Waals surface area contributed by atoms with E-state index in [0.29, 0.717) is 17.6 Å². The number of hydrogen-bond donors (Lipinski definition) is 2. The Morgan fingerprint density at radius 1 is 0.966 bits per heavy atom. The first kappa shape index (κ1) is 19.8. The topological polar surface area (TPSA) is 86.0 Å². The van der Waals surface area contributed by atoms with Gasteiger partial charge in [-0.3, -0.25) is 0 Å². The molecular weight excluding hydrogens is 518 g/mol. The lowest BCUT2D eigenvalue weighted by molar-refractivity contribution is 0.307.